The number of methoxy groups -OCH3 is 1. The highest BCUT2D eigenvalue weighted by molar-refractivity contribution is 5.69. The van der Waals surface area contributed by atoms with E-state index in [0.29, 0.717) is 36.0 Å². The molecule has 30 heavy (non-hydrogen) atoms. The van der Waals surface area contributed by atoms with Crippen LogP contribution in [-0.4, -0.2) is 46.7 Å². The van der Waals surface area contributed by atoms with Crippen LogP contribution in [0.1, 0.15) is 78.6 Å². The second kappa shape index (κ2) is 8.04. The van der Waals surface area contributed by atoms with Gasteiger partial charge in [-0.15, -0.1) is 0 Å². The molecule has 0 bridgehead atoms. The predicted octanol–water partition coefficient (Wildman–Crippen LogP) is 3.54. The summed E-state index contributed by atoms with van der Waals surface area (Å²) in [6.45, 7) is 6.85. The lowest BCUT2D eigenvalue weighted by Crippen LogP contribution is -2.62. The van der Waals surface area contributed by atoms with Crippen LogP contribution in [0.25, 0.3) is 0 Å². The van der Waals surface area contributed by atoms with Crippen LogP contribution in [0.15, 0.2) is 0 Å². The molecule has 0 aromatic carbocycles. The van der Waals surface area contributed by atoms with Gasteiger partial charge in [0, 0.05) is 6.42 Å². The van der Waals surface area contributed by atoms with Crippen molar-refractivity contribution in [2.24, 2.45) is 46.3 Å². The molecule has 11 atom stereocenters. The number of aliphatic hydroxyl groups excluding tert-OH is 3. The molecule has 0 spiro atoms. The Labute approximate surface area is 181 Å². The van der Waals surface area contributed by atoms with Crippen molar-refractivity contribution in [3.05, 3.63) is 0 Å². The minimum atomic E-state index is -0.369. The van der Waals surface area contributed by atoms with E-state index in [-0.39, 0.29) is 41.0 Å². The molecule has 172 valence electrons. The molecule has 0 aliphatic heterocycles. The van der Waals surface area contributed by atoms with Gasteiger partial charge < -0.3 is 20.1 Å². The Hall–Kier alpha value is -0.650. The fraction of sp³-hybridized carbons (Fsp3) is 0.960. The number of rotatable bonds is 4. The molecule has 0 aromatic heterocycles. The summed E-state index contributed by atoms with van der Waals surface area (Å²) in [6, 6.07) is 0. The van der Waals surface area contributed by atoms with E-state index >= 15 is 0 Å². The molecule has 0 aromatic rings. The average Bonchev–Trinajstić information content (AvgIpc) is 3.06. The maximum absolute atomic E-state index is 11.7. The van der Waals surface area contributed by atoms with Crippen LogP contribution in [0.2, 0.25) is 0 Å². The number of hydrogen-bond acceptors (Lipinski definition) is 5. The summed E-state index contributed by atoms with van der Waals surface area (Å²) >= 11 is 0. The molecule has 0 heterocycles. The third-order valence-electron chi connectivity index (χ3n) is 10.6. The fourth-order valence-electron chi connectivity index (χ4n) is 8.78. The molecular weight excluding hydrogens is 380 g/mol. The van der Waals surface area contributed by atoms with Crippen LogP contribution in [0.4, 0.5) is 0 Å². The van der Waals surface area contributed by atoms with Crippen molar-refractivity contribution in [2.45, 2.75) is 96.9 Å². The van der Waals surface area contributed by atoms with Crippen molar-refractivity contribution in [3.63, 3.8) is 0 Å². The van der Waals surface area contributed by atoms with Crippen LogP contribution in [0.3, 0.4) is 0 Å². The Morgan fingerprint density at radius 3 is 2.50 bits per heavy atom. The minimum absolute atomic E-state index is 0.111. The standard InChI is InChI=1S/C25H42O5/c1-14(5-8-22(29)30-4)17-6-7-18-23-19(13-21(28)25(17,18)3)24(2)10-9-16(26)11-15(24)12-20(23)27/h14-21,23,26-28H,5-13H2,1-4H3/t14-,15+,16-,17-,18+,19-,20-,21+,23+,24+,25-/m1/s1. The van der Waals surface area contributed by atoms with Gasteiger partial charge in [-0.1, -0.05) is 20.8 Å². The second-order valence-corrected chi connectivity index (χ2v) is 11.6. The molecule has 0 saturated heterocycles. The van der Waals surface area contributed by atoms with Crippen LogP contribution in [0, 0.1) is 46.3 Å². The van der Waals surface area contributed by atoms with Gasteiger partial charge in [0.2, 0.25) is 0 Å². The van der Waals surface area contributed by atoms with Crippen molar-refractivity contribution < 1.29 is 24.9 Å². The first-order chi connectivity index (χ1) is 14.1. The Kier molecular flexibility index (Phi) is 6.04. The molecular formula is C25H42O5. The third kappa shape index (κ3) is 3.34. The molecule has 5 heteroatoms. The molecule has 4 fully saturated rings. The number of aliphatic hydroxyl groups is 3. The van der Waals surface area contributed by atoms with Crippen LogP contribution < -0.4 is 0 Å². The van der Waals surface area contributed by atoms with Gasteiger partial charge in [-0.05, 0) is 97.7 Å². The Morgan fingerprint density at radius 1 is 1.07 bits per heavy atom. The van der Waals surface area contributed by atoms with Gasteiger partial charge in [0.15, 0.2) is 0 Å². The monoisotopic (exact) mass is 422 g/mol. The smallest absolute Gasteiger partial charge is 0.305 e. The quantitative estimate of drug-likeness (QED) is 0.603. The molecule has 0 unspecified atom stereocenters. The zero-order chi connectivity index (χ0) is 21.8. The average molecular weight is 423 g/mol. The summed E-state index contributed by atoms with van der Waals surface area (Å²) in [4.78, 5) is 11.7. The maximum Gasteiger partial charge on any atom is 0.305 e. The summed E-state index contributed by atoms with van der Waals surface area (Å²) < 4.78 is 4.83. The summed E-state index contributed by atoms with van der Waals surface area (Å²) in [5.41, 5.74) is -0.0882. The van der Waals surface area contributed by atoms with E-state index in [9.17, 15) is 20.1 Å². The molecule has 4 rings (SSSR count). The van der Waals surface area contributed by atoms with E-state index in [0.717, 1.165) is 51.4 Å². The van der Waals surface area contributed by atoms with E-state index in [1.807, 2.05) is 0 Å². The highest BCUT2D eigenvalue weighted by atomic mass is 16.5. The lowest BCUT2D eigenvalue weighted by Gasteiger charge is -2.63. The van der Waals surface area contributed by atoms with Gasteiger partial charge in [0.05, 0.1) is 25.4 Å². The summed E-state index contributed by atoms with van der Waals surface area (Å²) in [5.74, 6) is 1.81. The van der Waals surface area contributed by atoms with Crippen molar-refractivity contribution in [1.82, 2.24) is 0 Å². The SMILES string of the molecule is COC(=O)CC[C@@H](C)[C@H]1CC[C@H]2[C@@H]3[C@H](O)C[C@@H]4C[C@H](O)CC[C@]4(C)[C@@H]3C[C@H](O)[C@]12C. The zero-order valence-electron chi connectivity index (χ0n) is 19.2. The van der Waals surface area contributed by atoms with E-state index in [4.69, 9.17) is 4.74 Å². The molecule has 4 saturated carbocycles. The summed E-state index contributed by atoms with van der Waals surface area (Å²) in [7, 11) is 1.44. The van der Waals surface area contributed by atoms with Crippen molar-refractivity contribution in [3.8, 4) is 0 Å². The Balaban J connectivity index is 1.58. The fourth-order valence-corrected chi connectivity index (χ4v) is 8.78. The van der Waals surface area contributed by atoms with Gasteiger partial charge in [-0.25, -0.2) is 0 Å². The van der Waals surface area contributed by atoms with Gasteiger partial charge in [0.25, 0.3) is 0 Å². The second-order valence-electron chi connectivity index (χ2n) is 11.6. The van der Waals surface area contributed by atoms with E-state index in [2.05, 4.69) is 20.8 Å². The Bertz CT molecular complexity index is 651. The largest absolute Gasteiger partial charge is 0.469 e. The first kappa shape index (κ1) is 22.5. The first-order valence-corrected chi connectivity index (χ1v) is 12.2. The lowest BCUT2D eigenvalue weighted by molar-refractivity contribution is -0.207. The summed E-state index contributed by atoms with van der Waals surface area (Å²) in [6.07, 6.45) is 6.60. The molecule has 4 aliphatic rings. The molecule has 3 N–H and O–H groups in total. The van der Waals surface area contributed by atoms with Crippen LogP contribution >= 0.6 is 0 Å². The normalized spacial score (nSPS) is 51.4. The lowest BCUT2D eigenvalue weighted by atomic mass is 9.43. The number of carbonyl (C=O) groups is 1. The number of ether oxygens (including phenoxy) is 1. The van der Waals surface area contributed by atoms with Crippen molar-refractivity contribution >= 4 is 5.97 Å². The molecule has 5 nitrogen and oxygen atoms in total. The van der Waals surface area contributed by atoms with Crippen LogP contribution in [0.5, 0.6) is 0 Å². The molecule has 4 aliphatic carbocycles. The third-order valence-corrected chi connectivity index (χ3v) is 10.6. The van der Waals surface area contributed by atoms with Gasteiger partial charge in [-0.2, -0.15) is 0 Å². The highest BCUT2D eigenvalue weighted by Crippen LogP contribution is 2.68. The first-order valence-electron chi connectivity index (χ1n) is 12.2. The van der Waals surface area contributed by atoms with E-state index in [1.165, 1.54) is 7.11 Å². The Morgan fingerprint density at radius 2 is 1.80 bits per heavy atom. The number of carbonyl (C=O) groups excluding carboxylic acids is 1. The number of fused-ring (bicyclic) bond motifs is 5. The molecule has 0 radical (unpaired) electrons. The predicted molar refractivity (Wildman–Crippen MR) is 114 cm³/mol. The zero-order valence-corrected chi connectivity index (χ0v) is 19.2. The van der Waals surface area contributed by atoms with Gasteiger partial charge in [0.1, 0.15) is 0 Å². The van der Waals surface area contributed by atoms with E-state index < -0.39 is 0 Å². The number of esters is 1. The number of hydrogen-bond donors (Lipinski definition) is 3. The maximum atomic E-state index is 11.7. The topological polar surface area (TPSA) is 87.0 Å². The van der Waals surface area contributed by atoms with Crippen molar-refractivity contribution in [1.29, 1.82) is 0 Å². The van der Waals surface area contributed by atoms with Gasteiger partial charge in [-0.3, -0.25) is 4.79 Å². The summed E-state index contributed by atoms with van der Waals surface area (Å²) in [5, 5.41) is 33.1. The van der Waals surface area contributed by atoms with Crippen LogP contribution in [-0.2, 0) is 9.53 Å². The minimum Gasteiger partial charge on any atom is -0.469 e. The van der Waals surface area contributed by atoms with Gasteiger partial charge >= 0.3 is 5.97 Å². The van der Waals surface area contributed by atoms with E-state index in [1.54, 1.807) is 0 Å². The van der Waals surface area contributed by atoms with Crippen molar-refractivity contribution in [2.75, 3.05) is 7.11 Å². The highest BCUT2D eigenvalue weighted by Gasteiger charge is 2.65. The molecule has 0 amide bonds.